The van der Waals surface area contributed by atoms with Crippen LogP contribution in [0.5, 0.6) is 0 Å². The molecule has 0 atom stereocenters. The minimum Gasteiger partial charge on any atom is -0.467 e. The van der Waals surface area contributed by atoms with Crippen LogP contribution in [0, 0.1) is 5.41 Å². The van der Waals surface area contributed by atoms with Gasteiger partial charge in [0.2, 0.25) is 11.8 Å². The second-order valence-corrected chi connectivity index (χ2v) is 8.67. The second-order valence-electron chi connectivity index (χ2n) is 8.67. The van der Waals surface area contributed by atoms with Crippen LogP contribution in [0.1, 0.15) is 52.4 Å². The van der Waals surface area contributed by atoms with Gasteiger partial charge in [0.25, 0.3) is 0 Å². The predicted molar refractivity (Wildman–Crippen MR) is 110 cm³/mol. The first kappa shape index (κ1) is 21.7. The third kappa shape index (κ3) is 6.87. The van der Waals surface area contributed by atoms with E-state index in [-0.39, 0.29) is 29.8 Å². The van der Waals surface area contributed by atoms with Crippen LogP contribution in [0.4, 0.5) is 0 Å². The molecule has 2 aromatic rings. The van der Waals surface area contributed by atoms with Crippen molar-refractivity contribution < 1.29 is 14.0 Å². The Bertz CT molecular complexity index is 746. The Kier molecular flexibility index (Phi) is 7.44. The maximum absolute atomic E-state index is 13.1. The molecule has 1 aromatic carbocycles. The predicted octanol–water partition coefficient (Wildman–Crippen LogP) is 4.48. The molecule has 5 nitrogen and oxygen atoms in total. The van der Waals surface area contributed by atoms with E-state index in [1.165, 1.54) is 0 Å². The Labute approximate surface area is 168 Å². The number of carbonyl (C=O) groups is 2. The first-order valence-electron chi connectivity index (χ1n) is 9.79. The molecule has 1 aromatic heterocycles. The number of rotatable bonds is 8. The average molecular weight is 385 g/mol. The molecule has 0 bridgehead atoms. The largest absolute Gasteiger partial charge is 0.467 e. The van der Waals surface area contributed by atoms with Crippen LogP contribution in [0.15, 0.2) is 53.1 Å². The molecule has 152 valence electrons. The van der Waals surface area contributed by atoms with Crippen molar-refractivity contribution in [2.45, 2.75) is 60.2 Å². The summed E-state index contributed by atoms with van der Waals surface area (Å²) in [7, 11) is 0. The van der Waals surface area contributed by atoms with Crippen molar-refractivity contribution in [2.24, 2.45) is 5.41 Å². The third-order valence-corrected chi connectivity index (χ3v) is 4.43. The molecule has 0 aliphatic rings. The number of carbonyl (C=O) groups excluding carboxylic acids is 2. The van der Waals surface area contributed by atoms with Gasteiger partial charge in [-0.05, 0) is 37.0 Å². The lowest BCUT2D eigenvalue weighted by atomic mass is 9.91. The van der Waals surface area contributed by atoms with E-state index in [4.69, 9.17) is 4.42 Å². The molecule has 2 amide bonds. The van der Waals surface area contributed by atoms with Gasteiger partial charge in [0.15, 0.2) is 0 Å². The van der Waals surface area contributed by atoms with Crippen molar-refractivity contribution in [1.82, 2.24) is 9.80 Å². The monoisotopic (exact) mass is 384 g/mol. The number of nitrogens with zero attached hydrogens (tertiary/aromatic N) is 2. The lowest BCUT2D eigenvalue weighted by Crippen LogP contribution is -2.46. The van der Waals surface area contributed by atoms with Crippen molar-refractivity contribution in [1.29, 1.82) is 0 Å². The summed E-state index contributed by atoms with van der Waals surface area (Å²) in [4.78, 5) is 29.3. The summed E-state index contributed by atoms with van der Waals surface area (Å²) in [6, 6.07) is 13.5. The highest BCUT2D eigenvalue weighted by atomic mass is 16.3. The molecule has 0 radical (unpaired) electrons. The third-order valence-electron chi connectivity index (χ3n) is 4.43. The zero-order chi connectivity index (χ0) is 20.7. The van der Waals surface area contributed by atoms with E-state index in [0.29, 0.717) is 19.5 Å². The lowest BCUT2D eigenvalue weighted by Gasteiger charge is -2.32. The molecule has 2 rings (SSSR count). The number of amides is 2. The van der Waals surface area contributed by atoms with E-state index in [9.17, 15) is 9.59 Å². The summed E-state index contributed by atoms with van der Waals surface area (Å²) in [5.74, 6) is 0.645. The normalized spacial score (nSPS) is 11.5. The summed E-state index contributed by atoms with van der Waals surface area (Å²) < 4.78 is 5.44. The van der Waals surface area contributed by atoms with Crippen molar-refractivity contribution in [3.05, 3.63) is 60.1 Å². The van der Waals surface area contributed by atoms with Gasteiger partial charge in [-0.2, -0.15) is 0 Å². The topological polar surface area (TPSA) is 53.8 Å². The zero-order valence-corrected chi connectivity index (χ0v) is 17.6. The average Bonchev–Trinajstić information content (AvgIpc) is 3.11. The molecular formula is C23H32N2O3. The van der Waals surface area contributed by atoms with Crippen LogP contribution < -0.4 is 0 Å². The fraction of sp³-hybridized carbons (Fsp3) is 0.478. The van der Waals surface area contributed by atoms with E-state index < -0.39 is 0 Å². The number of hydrogen-bond acceptors (Lipinski definition) is 3. The first-order valence-corrected chi connectivity index (χ1v) is 9.79. The number of hydrogen-bond donors (Lipinski definition) is 0. The molecular weight excluding hydrogens is 352 g/mol. The summed E-state index contributed by atoms with van der Waals surface area (Å²) >= 11 is 0. The van der Waals surface area contributed by atoms with E-state index in [0.717, 1.165) is 11.3 Å². The van der Waals surface area contributed by atoms with Crippen molar-refractivity contribution >= 4 is 11.8 Å². The molecule has 0 fully saturated rings. The molecule has 0 spiro atoms. The Morgan fingerprint density at radius 1 is 0.964 bits per heavy atom. The van der Waals surface area contributed by atoms with Gasteiger partial charge in [-0.25, -0.2) is 0 Å². The first-order chi connectivity index (χ1) is 13.2. The molecule has 0 saturated carbocycles. The van der Waals surface area contributed by atoms with Gasteiger partial charge in [0, 0.05) is 19.0 Å². The molecule has 0 aliphatic carbocycles. The molecule has 1 heterocycles. The van der Waals surface area contributed by atoms with Gasteiger partial charge >= 0.3 is 0 Å². The van der Waals surface area contributed by atoms with Crippen LogP contribution in [0.3, 0.4) is 0 Å². The van der Waals surface area contributed by atoms with Gasteiger partial charge in [-0.1, -0.05) is 51.1 Å². The van der Waals surface area contributed by atoms with Crippen LogP contribution >= 0.6 is 0 Å². The highest BCUT2D eigenvalue weighted by Crippen LogP contribution is 2.21. The number of benzene rings is 1. The second kappa shape index (κ2) is 9.58. The van der Waals surface area contributed by atoms with Crippen LogP contribution in [0.2, 0.25) is 0 Å². The van der Waals surface area contributed by atoms with Gasteiger partial charge in [0.05, 0.1) is 19.4 Å². The number of furan rings is 1. The minimum atomic E-state index is -0.120. The van der Waals surface area contributed by atoms with Gasteiger partial charge in [0.1, 0.15) is 5.76 Å². The van der Waals surface area contributed by atoms with E-state index in [1.54, 1.807) is 16.1 Å². The minimum absolute atomic E-state index is 0.00788. The fourth-order valence-electron chi connectivity index (χ4n) is 2.99. The van der Waals surface area contributed by atoms with Crippen LogP contribution in [-0.2, 0) is 22.7 Å². The Balaban J connectivity index is 2.15. The van der Waals surface area contributed by atoms with Crippen molar-refractivity contribution in [2.75, 3.05) is 6.54 Å². The molecule has 0 aliphatic heterocycles. The molecule has 5 heteroatoms. The van der Waals surface area contributed by atoms with Crippen LogP contribution in [-0.4, -0.2) is 34.2 Å². The maximum Gasteiger partial charge on any atom is 0.242 e. The Morgan fingerprint density at radius 2 is 1.64 bits per heavy atom. The Hall–Kier alpha value is -2.56. The molecule has 0 unspecified atom stereocenters. The van der Waals surface area contributed by atoms with E-state index in [2.05, 4.69) is 0 Å². The van der Waals surface area contributed by atoms with Crippen molar-refractivity contribution in [3.63, 3.8) is 0 Å². The van der Waals surface area contributed by atoms with E-state index >= 15 is 0 Å². The molecule has 28 heavy (non-hydrogen) atoms. The maximum atomic E-state index is 13.1. The summed E-state index contributed by atoms with van der Waals surface area (Å²) in [5, 5.41) is 0. The Morgan fingerprint density at radius 3 is 2.18 bits per heavy atom. The standard InChI is InChI=1S/C23H32N2O3/c1-18(2)25(21(26)14-23(3,4)5)17-22(27)24(16-20-12-9-13-28-20)15-19-10-7-6-8-11-19/h6-13,18H,14-17H2,1-5H3. The van der Waals surface area contributed by atoms with Gasteiger partial charge in [-0.3, -0.25) is 9.59 Å². The quantitative estimate of drug-likeness (QED) is 0.674. The highest BCUT2D eigenvalue weighted by molar-refractivity contribution is 5.85. The highest BCUT2D eigenvalue weighted by Gasteiger charge is 2.27. The SMILES string of the molecule is CC(C)N(CC(=O)N(Cc1ccccc1)Cc1ccco1)C(=O)CC(C)(C)C. The lowest BCUT2D eigenvalue weighted by molar-refractivity contribution is -0.143. The van der Waals surface area contributed by atoms with Crippen LogP contribution in [0.25, 0.3) is 0 Å². The fourth-order valence-corrected chi connectivity index (χ4v) is 2.99. The summed E-state index contributed by atoms with van der Waals surface area (Å²) in [5.41, 5.74) is 0.921. The van der Waals surface area contributed by atoms with Gasteiger partial charge in [-0.15, -0.1) is 0 Å². The van der Waals surface area contributed by atoms with Gasteiger partial charge < -0.3 is 14.2 Å². The molecule has 0 saturated heterocycles. The van der Waals surface area contributed by atoms with Crippen molar-refractivity contribution in [3.8, 4) is 0 Å². The summed E-state index contributed by atoms with van der Waals surface area (Å²) in [6.07, 6.45) is 2.02. The molecule has 0 N–H and O–H groups in total. The van der Waals surface area contributed by atoms with E-state index in [1.807, 2.05) is 77.1 Å². The smallest absolute Gasteiger partial charge is 0.242 e. The zero-order valence-electron chi connectivity index (χ0n) is 17.6. The summed E-state index contributed by atoms with van der Waals surface area (Å²) in [6.45, 7) is 10.9.